The minimum atomic E-state index is 0.286. The Labute approximate surface area is 186 Å². The van der Waals surface area contributed by atoms with E-state index in [0.29, 0.717) is 12.6 Å². The zero-order chi connectivity index (χ0) is 21.6. The van der Waals surface area contributed by atoms with E-state index in [2.05, 4.69) is 60.9 Å². The second-order valence-corrected chi connectivity index (χ2v) is 9.15. The molecular weight excluding hydrogens is 386 g/mol. The van der Waals surface area contributed by atoms with Gasteiger partial charge in [0.25, 0.3) is 0 Å². The largest absolute Gasteiger partial charge is 0.376 e. The van der Waals surface area contributed by atoms with Crippen LogP contribution in [0.25, 0.3) is 6.08 Å². The monoisotopic (exact) mass is 423 g/mol. The molecule has 0 amide bonds. The van der Waals surface area contributed by atoms with Crippen molar-refractivity contribution in [3.8, 4) is 0 Å². The van der Waals surface area contributed by atoms with Crippen molar-refractivity contribution in [2.75, 3.05) is 45.9 Å². The van der Waals surface area contributed by atoms with Gasteiger partial charge < -0.3 is 19.1 Å². The number of rotatable bonds is 8. The molecule has 2 aliphatic heterocycles. The standard InChI is InChI=1S/C26H35N3O2/c1-21-18-25(22(2)29(21)19-24-11-7-17-31-24)26(30)20-28-15-13-27(14-16-28)12-6-10-23-8-4-3-5-9-23/h3-6,8-10,18,24H,7,11-17,19-20H2,1-2H3/p+2/b10-6+/t24-/m1/s1. The molecule has 3 heterocycles. The predicted octanol–water partition coefficient (Wildman–Crippen LogP) is 0.963. The number of aryl methyl sites for hydroxylation is 1. The third-order valence-corrected chi connectivity index (χ3v) is 6.88. The lowest BCUT2D eigenvalue weighted by Gasteiger charge is -2.28. The molecule has 5 nitrogen and oxygen atoms in total. The van der Waals surface area contributed by atoms with Crippen LogP contribution in [0.4, 0.5) is 0 Å². The molecular formula is C26H37N3O2+2. The minimum Gasteiger partial charge on any atom is -0.376 e. The van der Waals surface area contributed by atoms with E-state index in [1.54, 1.807) is 4.90 Å². The first kappa shape index (κ1) is 22.0. The highest BCUT2D eigenvalue weighted by molar-refractivity contribution is 5.98. The van der Waals surface area contributed by atoms with E-state index in [1.165, 1.54) is 16.2 Å². The fourth-order valence-electron chi connectivity index (χ4n) is 4.94. The molecule has 0 spiro atoms. The normalized spacial score (nSPS) is 24.1. The summed E-state index contributed by atoms with van der Waals surface area (Å²) in [6, 6.07) is 12.6. The van der Waals surface area contributed by atoms with E-state index < -0.39 is 0 Å². The van der Waals surface area contributed by atoms with Gasteiger partial charge in [-0.25, -0.2) is 0 Å². The van der Waals surface area contributed by atoms with Crippen molar-refractivity contribution in [1.29, 1.82) is 0 Å². The maximum Gasteiger partial charge on any atom is 0.218 e. The average molecular weight is 424 g/mol. The highest BCUT2D eigenvalue weighted by Gasteiger charge is 2.27. The van der Waals surface area contributed by atoms with Gasteiger partial charge in [0.2, 0.25) is 5.78 Å². The molecule has 0 aliphatic carbocycles. The van der Waals surface area contributed by atoms with Crippen LogP contribution in [0.15, 0.2) is 42.5 Å². The topological polar surface area (TPSA) is 40.1 Å². The minimum absolute atomic E-state index is 0.286. The molecule has 2 saturated heterocycles. The van der Waals surface area contributed by atoms with Gasteiger partial charge >= 0.3 is 0 Å². The molecule has 0 unspecified atom stereocenters. The van der Waals surface area contributed by atoms with Gasteiger partial charge in [0.1, 0.15) is 32.7 Å². The van der Waals surface area contributed by atoms with Crippen molar-refractivity contribution < 1.29 is 19.3 Å². The lowest BCUT2D eigenvalue weighted by atomic mass is 10.1. The van der Waals surface area contributed by atoms with E-state index in [-0.39, 0.29) is 5.78 Å². The van der Waals surface area contributed by atoms with Crippen LogP contribution in [0.2, 0.25) is 0 Å². The number of carbonyl (C=O) groups excluding carboxylic acids is 1. The average Bonchev–Trinajstić information content (AvgIpc) is 3.39. The Morgan fingerprint density at radius 2 is 1.87 bits per heavy atom. The van der Waals surface area contributed by atoms with Crippen molar-refractivity contribution in [1.82, 2.24) is 4.57 Å². The number of carbonyl (C=O) groups is 1. The second-order valence-electron chi connectivity index (χ2n) is 9.15. The van der Waals surface area contributed by atoms with Gasteiger partial charge in [-0.1, -0.05) is 36.4 Å². The molecule has 166 valence electrons. The molecule has 0 bridgehead atoms. The molecule has 1 aromatic carbocycles. The number of hydrogen-bond acceptors (Lipinski definition) is 2. The fourth-order valence-corrected chi connectivity index (χ4v) is 4.94. The molecule has 2 fully saturated rings. The summed E-state index contributed by atoms with van der Waals surface area (Å²) in [4.78, 5) is 16.1. The SMILES string of the molecule is Cc1cc(C(=O)C[NH+]2CC[NH+](C/C=C/c3ccccc3)CC2)c(C)n1C[C@H]1CCCO1. The van der Waals surface area contributed by atoms with Crippen LogP contribution >= 0.6 is 0 Å². The zero-order valence-corrected chi connectivity index (χ0v) is 19.0. The van der Waals surface area contributed by atoms with E-state index in [0.717, 1.165) is 70.0 Å². The third-order valence-electron chi connectivity index (χ3n) is 6.88. The number of nitrogens with one attached hydrogen (secondary N) is 2. The first-order valence-corrected chi connectivity index (χ1v) is 11.8. The maximum atomic E-state index is 13.1. The van der Waals surface area contributed by atoms with Gasteiger partial charge in [-0.3, -0.25) is 4.79 Å². The van der Waals surface area contributed by atoms with Gasteiger partial charge in [0.05, 0.1) is 12.6 Å². The summed E-state index contributed by atoms with van der Waals surface area (Å²) < 4.78 is 8.08. The molecule has 5 heteroatoms. The van der Waals surface area contributed by atoms with Crippen LogP contribution in [-0.4, -0.2) is 62.3 Å². The number of ether oxygens (including phenoxy) is 1. The number of benzene rings is 1. The zero-order valence-electron chi connectivity index (χ0n) is 19.0. The number of hydrogen-bond donors (Lipinski definition) is 2. The Morgan fingerprint density at radius 1 is 1.13 bits per heavy atom. The fraction of sp³-hybridized carbons (Fsp3) is 0.500. The quantitative estimate of drug-likeness (QED) is 0.621. The summed E-state index contributed by atoms with van der Waals surface area (Å²) in [6.45, 7) is 12.0. The Balaban J connectivity index is 1.26. The molecule has 0 saturated carbocycles. The van der Waals surface area contributed by atoms with Crippen molar-refractivity contribution in [2.45, 2.75) is 39.3 Å². The van der Waals surface area contributed by atoms with E-state index in [1.807, 2.05) is 6.07 Å². The van der Waals surface area contributed by atoms with Crippen molar-refractivity contribution in [2.24, 2.45) is 0 Å². The van der Waals surface area contributed by atoms with Crippen molar-refractivity contribution in [3.05, 3.63) is 65.0 Å². The Morgan fingerprint density at radius 3 is 2.58 bits per heavy atom. The van der Waals surface area contributed by atoms with Crippen LogP contribution in [0, 0.1) is 13.8 Å². The molecule has 0 radical (unpaired) electrons. The highest BCUT2D eigenvalue weighted by atomic mass is 16.5. The molecule has 1 atom stereocenters. The molecule has 31 heavy (non-hydrogen) atoms. The van der Waals surface area contributed by atoms with Crippen LogP contribution < -0.4 is 9.80 Å². The Kier molecular flexibility index (Phi) is 7.38. The van der Waals surface area contributed by atoms with Gasteiger partial charge in [-0.05, 0) is 44.4 Å². The molecule has 4 rings (SSSR count). The predicted molar refractivity (Wildman–Crippen MR) is 124 cm³/mol. The van der Waals surface area contributed by atoms with Crippen LogP contribution in [0.3, 0.4) is 0 Å². The maximum absolute atomic E-state index is 13.1. The number of piperazine rings is 1. The van der Waals surface area contributed by atoms with Gasteiger partial charge in [-0.2, -0.15) is 0 Å². The van der Waals surface area contributed by atoms with Gasteiger partial charge in [-0.15, -0.1) is 0 Å². The lowest BCUT2D eigenvalue weighted by Crippen LogP contribution is -3.28. The van der Waals surface area contributed by atoms with Crippen LogP contribution in [-0.2, 0) is 11.3 Å². The first-order valence-electron chi connectivity index (χ1n) is 11.8. The number of nitrogens with zero attached hydrogens (tertiary/aromatic N) is 1. The van der Waals surface area contributed by atoms with Crippen LogP contribution in [0.1, 0.15) is 40.2 Å². The van der Waals surface area contributed by atoms with E-state index in [9.17, 15) is 4.79 Å². The number of quaternary nitrogens is 2. The summed E-state index contributed by atoms with van der Waals surface area (Å²) in [5.74, 6) is 0.286. The smallest absolute Gasteiger partial charge is 0.218 e. The molecule has 2 N–H and O–H groups in total. The van der Waals surface area contributed by atoms with E-state index in [4.69, 9.17) is 4.74 Å². The van der Waals surface area contributed by atoms with Crippen LogP contribution in [0.5, 0.6) is 0 Å². The number of ketones is 1. The summed E-state index contributed by atoms with van der Waals surface area (Å²) in [7, 11) is 0. The number of Topliss-reactive ketones (excluding diaryl/α,β-unsaturated/α-hetero) is 1. The summed E-state index contributed by atoms with van der Waals surface area (Å²) >= 11 is 0. The van der Waals surface area contributed by atoms with Gasteiger partial charge in [0, 0.05) is 30.1 Å². The molecule has 2 aromatic rings. The van der Waals surface area contributed by atoms with E-state index >= 15 is 0 Å². The highest BCUT2D eigenvalue weighted by Crippen LogP contribution is 2.20. The third kappa shape index (κ3) is 5.73. The summed E-state index contributed by atoms with van der Waals surface area (Å²) in [6.07, 6.45) is 7.06. The Hall–Kier alpha value is -2.21. The van der Waals surface area contributed by atoms with Crippen molar-refractivity contribution >= 4 is 11.9 Å². The first-order chi connectivity index (χ1) is 15.1. The summed E-state index contributed by atoms with van der Waals surface area (Å²) in [5, 5.41) is 0. The molecule has 1 aromatic heterocycles. The number of aromatic nitrogens is 1. The lowest BCUT2D eigenvalue weighted by molar-refractivity contribution is -1.01. The van der Waals surface area contributed by atoms with Gasteiger partial charge in [0.15, 0.2) is 0 Å². The van der Waals surface area contributed by atoms with Crippen molar-refractivity contribution in [3.63, 3.8) is 0 Å². The second kappa shape index (κ2) is 10.4. The Bertz CT molecular complexity index is 889. The molecule has 2 aliphatic rings. The summed E-state index contributed by atoms with van der Waals surface area (Å²) in [5.41, 5.74) is 4.44.